The van der Waals surface area contributed by atoms with E-state index in [4.69, 9.17) is 9.73 Å². The molecular formula is C20H25N2O+. The Morgan fingerprint density at radius 3 is 1.83 bits per heavy atom. The van der Waals surface area contributed by atoms with Gasteiger partial charge in [0.2, 0.25) is 5.90 Å². The normalized spacial score (nSPS) is 16.2. The number of quaternary nitrogens is 1. The van der Waals surface area contributed by atoms with Crippen molar-refractivity contribution >= 4 is 5.90 Å². The van der Waals surface area contributed by atoms with Crippen molar-refractivity contribution in [1.82, 2.24) is 0 Å². The summed E-state index contributed by atoms with van der Waals surface area (Å²) in [6.07, 6.45) is 0. The van der Waals surface area contributed by atoms with E-state index in [1.807, 2.05) is 0 Å². The third kappa shape index (κ3) is 4.67. The maximum Gasteiger partial charge on any atom is 0.241 e. The van der Waals surface area contributed by atoms with Crippen molar-refractivity contribution in [3.05, 3.63) is 71.8 Å². The number of nitrogens with zero attached hydrogens (tertiary/aromatic N) is 1. The first-order chi connectivity index (χ1) is 11.1. The zero-order valence-corrected chi connectivity index (χ0v) is 14.0. The van der Waals surface area contributed by atoms with Crippen LogP contribution in [0, 0.1) is 0 Å². The van der Waals surface area contributed by atoms with Crippen molar-refractivity contribution < 1.29 is 9.64 Å². The van der Waals surface area contributed by atoms with Crippen molar-refractivity contribution in [3.8, 4) is 0 Å². The van der Waals surface area contributed by atoms with Gasteiger partial charge in [0.25, 0.3) is 0 Å². The van der Waals surface area contributed by atoms with E-state index in [-0.39, 0.29) is 5.54 Å². The number of hydrogen-bond acceptors (Lipinski definition) is 2. The summed E-state index contributed by atoms with van der Waals surface area (Å²) >= 11 is 0. The molecule has 120 valence electrons. The first-order valence-electron chi connectivity index (χ1n) is 8.24. The highest BCUT2D eigenvalue weighted by molar-refractivity contribution is 5.79. The van der Waals surface area contributed by atoms with Gasteiger partial charge in [-0.15, -0.1) is 0 Å². The number of rotatable bonds is 6. The van der Waals surface area contributed by atoms with Crippen molar-refractivity contribution in [2.75, 3.05) is 13.2 Å². The lowest BCUT2D eigenvalue weighted by molar-refractivity contribution is -0.919. The van der Waals surface area contributed by atoms with Gasteiger partial charge in [0.05, 0.1) is 5.54 Å². The molecule has 0 bridgehead atoms. The lowest BCUT2D eigenvalue weighted by atomic mass is 10.1. The molecule has 1 N–H and O–H groups in total. The second-order valence-corrected chi connectivity index (χ2v) is 6.86. The van der Waals surface area contributed by atoms with E-state index in [1.165, 1.54) is 16.0 Å². The quantitative estimate of drug-likeness (QED) is 0.872. The van der Waals surface area contributed by atoms with E-state index in [1.54, 1.807) is 0 Å². The second kappa shape index (κ2) is 6.97. The number of aliphatic imine (C=N–C) groups is 1. The van der Waals surface area contributed by atoms with Crippen LogP contribution in [0.1, 0.15) is 25.0 Å². The summed E-state index contributed by atoms with van der Waals surface area (Å²) in [6, 6.07) is 21.3. The third-order valence-electron chi connectivity index (χ3n) is 4.01. The maximum absolute atomic E-state index is 5.80. The van der Waals surface area contributed by atoms with E-state index in [9.17, 15) is 0 Å². The van der Waals surface area contributed by atoms with Crippen LogP contribution in [0.25, 0.3) is 0 Å². The van der Waals surface area contributed by atoms with Crippen LogP contribution in [-0.4, -0.2) is 24.6 Å². The van der Waals surface area contributed by atoms with Crippen molar-refractivity contribution in [2.24, 2.45) is 4.99 Å². The SMILES string of the molecule is CC1(C)COC(C[NH+](Cc2ccccc2)Cc2ccccc2)=N1. The fourth-order valence-corrected chi connectivity index (χ4v) is 2.92. The molecule has 0 amide bonds. The Labute approximate surface area is 138 Å². The Kier molecular flexibility index (Phi) is 4.77. The predicted molar refractivity (Wildman–Crippen MR) is 93.6 cm³/mol. The molecule has 23 heavy (non-hydrogen) atoms. The molecule has 0 spiro atoms. The fourth-order valence-electron chi connectivity index (χ4n) is 2.92. The highest BCUT2D eigenvalue weighted by Crippen LogP contribution is 2.16. The highest BCUT2D eigenvalue weighted by Gasteiger charge is 2.28. The highest BCUT2D eigenvalue weighted by atomic mass is 16.5. The molecule has 0 unspecified atom stereocenters. The molecule has 0 fully saturated rings. The smallest absolute Gasteiger partial charge is 0.241 e. The van der Waals surface area contributed by atoms with E-state index in [0.717, 1.165) is 25.5 Å². The molecule has 3 heteroatoms. The van der Waals surface area contributed by atoms with Crippen LogP contribution in [-0.2, 0) is 17.8 Å². The summed E-state index contributed by atoms with van der Waals surface area (Å²) in [4.78, 5) is 6.16. The molecule has 0 radical (unpaired) electrons. The van der Waals surface area contributed by atoms with Crippen LogP contribution in [0.15, 0.2) is 65.7 Å². The molecular weight excluding hydrogens is 284 g/mol. The summed E-state index contributed by atoms with van der Waals surface area (Å²) in [5, 5.41) is 0. The Hall–Kier alpha value is -2.13. The minimum Gasteiger partial charge on any atom is -0.474 e. The molecule has 2 aromatic carbocycles. The Morgan fingerprint density at radius 1 is 0.870 bits per heavy atom. The lowest BCUT2D eigenvalue weighted by Gasteiger charge is -2.19. The summed E-state index contributed by atoms with van der Waals surface area (Å²) in [7, 11) is 0. The van der Waals surface area contributed by atoms with E-state index in [2.05, 4.69) is 74.5 Å². The maximum atomic E-state index is 5.80. The van der Waals surface area contributed by atoms with Crippen LogP contribution in [0.3, 0.4) is 0 Å². The largest absolute Gasteiger partial charge is 0.474 e. The van der Waals surface area contributed by atoms with E-state index < -0.39 is 0 Å². The summed E-state index contributed by atoms with van der Waals surface area (Å²) < 4.78 is 5.80. The molecule has 0 saturated carbocycles. The topological polar surface area (TPSA) is 26.0 Å². The molecule has 0 aromatic heterocycles. The molecule has 3 nitrogen and oxygen atoms in total. The van der Waals surface area contributed by atoms with Crippen molar-refractivity contribution in [1.29, 1.82) is 0 Å². The molecule has 0 saturated heterocycles. The minimum atomic E-state index is -0.0834. The van der Waals surface area contributed by atoms with Gasteiger partial charge in [0.1, 0.15) is 19.7 Å². The molecule has 3 rings (SSSR count). The van der Waals surface area contributed by atoms with Crippen LogP contribution in [0.2, 0.25) is 0 Å². The predicted octanol–water partition coefficient (Wildman–Crippen LogP) is 2.48. The summed E-state index contributed by atoms with van der Waals surface area (Å²) in [6.45, 7) is 7.69. The molecule has 1 aliphatic heterocycles. The van der Waals surface area contributed by atoms with Crippen molar-refractivity contribution in [2.45, 2.75) is 32.5 Å². The Bertz CT molecular complexity index is 608. The van der Waals surface area contributed by atoms with E-state index in [0.29, 0.717) is 6.61 Å². The van der Waals surface area contributed by atoms with Gasteiger partial charge in [-0.25, -0.2) is 4.99 Å². The van der Waals surface area contributed by atoms with Gasteiger partial charge in [0, 0.05) is 11.1 Å². The first kappa shape index (κ1) is 15.8. The average Bonchev–Trinajstić information content (AvgIpc) is 2.88. The van der Waals surface area contributed by atoms with Crippen LogP contribution < -0.4 is 4.90 Å². The summed E-state index contributed by atoms with van der Waals surface area (Å²) in [5.41, 5.74) is 2.60. The van der Waals surface area contributed by atoms with Gasteiger partial charge in [0.15, 0.2) is 6.54 Å². The molecule has 2 aromatic rings. The zero-order chi connectivity index (χ0) is 16.1. The Balaban J connectivity index is 1.73. The van der Waals surface area contributed by atoms with Gasteiger partial charge < -0.3 is 9.64 Å². The van der Waals surface area contributed by atoms with Gasteiger partial charge in [-0.2, -0.15) is 0 Å². The molecule has 0 aliphatic carbocycles. The Morgan fingerprint density at radius 2 is 1.39 bits per heavy atom. The van der Waals surface area contributed by atoms with Crippen LogP contribution in [0.4, 0.5) is 0 Å². The van der Waals surface area contributed by atoms with Crippen molar-refractivity contribution in [3.63, 3.8) is 0 Å². The number of hydrogen-bond donors (Lipinski definition) is 1. The fraction of sp³-hybridized carbons (Fsp3) is 0.350. The van der Waals surface area contributed by atoms with Gasteiger partial charge in [-0.05, 0) is 13.8 Å². The zero-order valence-electron chi connectivity index (χ0n) is 14.0. The van der Waals surface area contributed by atoms with Gasteiger partial charge in [-0.3, -0.25) is 0 Å². The van der Waals surface area contributed by atoms with Gasteiger partial charge in [-0.1, -0.05) is 60.7 Å². The second-order valence-electron chi connectivity index (χ2n) is 6.86. The molecule has 0 atom stereocenters. The summed E-state index contributed by atoms with van der Waals surface area (Å²) in [5.74, 6) is 0.886. The number of benzene rings is 2. The van der Waals surface area contributed by atoms with Crippen LogP contribution >= 0.6 is 0 Å². The average molecular weight is 309 g/mol. The van der Waals surface area contributed by atoms with Crippen LogP contribution in [0.5, 0.6) is 0 Å². The van der Waals surface area contributed by atoms with Gasteiger partial charge >= 0.3 is 0 Å². The lowest BCUT2D eigenvalue weighted by Crippen LogP contribution is -3.10. The monoisotopic (exact) mass is 309 g/mol. The number of ether oxygens (including phenoxy) is 1. The minimum absolute atomic E-state index is 0.0834. The number of nitrogens with one attached hydrogen (secondary N) is 1. The molecule has 1 heterocycles. The first-order valence-corrected chi connectivity index (χ1v) is 8.24. The molecule has 1 aliphatic rings. The third-order valence-corrected chi connectivity index (χ3v) is 4.01. The standard InChI is InChI=1S/C20H24N2O/c1-20(2)16-23-19(21-20)15-22(13-17-9-5-3-6-10-17)14-18-11-7-4-8-12-18/h3-12H,13-16H2,1-2H3/p+1. The van der Waals surface area contributed by atoms with E-state index >= 15 is 0 Å².